The highest BCUT2D eigenvalue weighted by Crippen LogP contribution is 2.40. The van der Waals surface area contributed by atoms with Gasteiger partial charge in [-0.25, -0.2) is 9.78 Å². The zero-order valence-electron chi connectivity index (χ0n) is 16.0. The zero-order valence-corrected chi connectivity index (χ0v) is 16.8. The summed E-state index contributed by atoms with van der Waals surface area (Å²) in [5.41, 5.74) is 4.36. The van der Waals surface area contributed by atoms with Crippen molar-refractivity contribution >= 4 is 53.5 Å². The highest BCUT2D eigenvalue weighted by atomic mass is 32.1. The van der Waals surface area contributed by atoms with Crippen LogP contribution in [0.3, 0.4) is 0 Å². The molecule has 0 atom stereocenters. The molecule has 4 aromatic heterocycles. The number of pyridine rings is 2. The number of aromatic amines is 1. The molecule has 0 fully saturated rings. The molecule has 0 aliphatic carbocycles. The van der Waals surface area contributed by atoms with Crippen molar-refractivity contribution in [3.8, 4) is 0 Å². The Bertz CT molecular complexity index is 1570. The van der Waals surface area contributed by atoms with E-state index in [1.165, 1.54) is 6.07 Å². The topological polar surface area (TPSA) is 76.0 Å². The molecular weight excluding hydrogens is 372 g/mol. The Morgan fingerprint density at radius 3 is 2.61 bits per heavy atom. The Hall–Kier alpha value is -2.99. The summed E-state index contributed by atoms with van der Waals surface area (Å²) in [4.78, 5) is 34.1. The van der Waals surface area contributed by atoms with Gasteiger partial charge in [-0.3, -0.25) is 4.79 Å². The number of benzene rings is 1. The van der Waals surface area contributed by atoms with Crippen LogP contribution >= 0.6 is 11.3 Å². The van der Waals surface area contributed by atoms with Gasteiger partial charge in [0.25, 0.3) is 0 Å². The standard InChI is InChI=1S/C22H18N2O3S/c1-5-12-7-13-15(8-14(12)25)27-22(26)17-11(4)24-19-16-9(2)6-10(3)23-21(16)28-20(19)18(13)17/h6-8,24H,5H2,1-4H3. The van der Waals surface area contributed by atoms with Crippen LogP contribution < -0.4 is 11.1 Å². The van der Waals surface area contributed by atoms with Crippen molar-refractivity contribution in [2.75, 3.05) is 0 Å². The second-order valence-corrected chi connectivity index (χ2v) is 8.27. The Kier molecular flexibility index (Phi) is 3.52. The summed E-state index contributed by atoms with van der Waals surface area (Å²) in [7, 11) is 0. The van der Waals surface area contributed by atoms with E-state index in [4.69, 9.17) is 9.40 Å². The highest BCUT2D eigenvalue weighted by Gasteiger charge is 2.19. The maximum absolute atomic E-state index is 12.8. The average Bonchev–Trinajstić information content (AvgIpc) is 2.98. The second-order valence-electron chi connectivity index (χ2n) is 7.27. The number of rotatable bonds is 1. The van der Waals surface area contributed by atoms with Crippen molar-refractivity contribution in [3.63, 3.8) is 0 Å². The van der Waals surface area contributed by atoms with Gasteiger partial charge in [-0.15, -0.1) is 11.3 Å². The largest absolute Gasteiger partial charge is 0.422 e. The van der Waals surface area contributed by atoms with E-state index in [1.807, 2.05) is 26.8 Å². The van der Waals surface area contributed by atoms with Crippen LogP contribution in [-0.2, 0) is 6.42 Å². The third-order valence-corrected chi connectivity index (χ3v) is 6.47. The molecule has 0 saturated heterocycles. The van der Waals surface area contributed by atoms with Crippen LogP contribution in [0.5, 0.6) is 0 Å². The van der Waals surface area contributed by atoms with E-state index in [-0.39, 0.29) is 5.43 Å². The predicted molar refractivity (Wildman–Crippen MR) is 115 cm³/mol. The number of aryl methyl sites for hydroxylation is 4. The van der Waals surface area contributed by atoms with Gasteiger partial charge in [-0.2, -0.15) is 0 Å². The number of fused-ring (bicyclic) bond motifs is 7. The summed E-state index contributed by atoms with van der Waals surface area (Å²) in [5, 5.41) is 3.25. The van der Waals surface area contributed by atoms with E-state index >= 15 is 0 Å². The summed E-state index contributed by atoms with van der Waals surface area (Å²) in [6, 6.07) is 5.38. The van der Waals surface area contributed by atoms with Gasteiger partial charge < -0.3 is 9.40 Å². The molecule has 0 amide bonds. The summed E-state index contributed by atoms with van der Waals surface area (Å²) in [5.74, 6) is 0. The first kappa shape index (κ1) is 17.1. The summed E-state index contributed by atoms with van der Waals surface area (Å²) >= 11 is 1.57. The van der Waals surface area contributed by atoms with E-state index in [1.54, 1.807) is 11.3 Å². The van der Waals surface area contributed by atoms with Crippen molar-refractivity contribution in [2.45, 2.75) is 34.1 Å². The van der Waals surface area contributed by atoms with E-state index in [0.29, 0.717) is 23.0 Å². The first-order valence-corrected chi connectivity index (χ1v) is 10.0. The molecule has 1 N–H and O–H groups in total. The van der Waals surface area contributed by atoms with Gasteiger partial charge >= 0.3 is 5.63 Å². The Morgan fingerprint density at radius 1 is 1.07 bits per heavy atom. The van der Waals surface area contributed by atoms with Crippen LogP contribution in [0.15, 0.2) is 32.2 Å². The third-order valence-electron chi connectivity index (χ3n) is 5.37. The zero-order chi connectivity index (χ0) is 19.7. The molecule has 0 aliphatic heterocycles. The molecule has 0 bridgehead atoms. The molecule has 0 radical (unpaired) electrons. The molecule has 5 rings (SSSR count). The monoisotopic (exact) mass is 390 g/mol. The lowest BCUT2D eigenvalue weighted by atomic mass is 10.0. The van der Waals surface area contributed by atoms with Crippen LogP contribution in [0.1, 0.15) is 29.4 Å². The van der Waals surface area contributed by atoms with E-state index in [9.17, 15) is 9.59 Å². The van der Waals surface area contributed by atoms with E-state index < -0.39 is 5.63 Å². The van der Waals surface area contributed by atoms with E-state index in [2.05, 4.69) is 18.0 Å². The smallest absolute Gasteiger partial charge is 0.346 e. The first-order valence-electron chi connectivity index (χ1n) is 9.21. The van der Waals surface area contributed by atoms with Crippen LogP contribution in [0.25, 0.3) is 42.2 Å². The average molecular weight is 390 g/mol. The quantitative estimate of drug-likeness (QED) is 0.327. The fourth-order valence-electron chi connectivity index (χ4n) is 4.11. The molecule has 1 aromatic carbocycles. The normalized spacial score (nSPS) is 12.0. The van der Waals surface area contributed by atoms with Gasteiger partial charge in [-0.1, -0.05) is 6.92 Å². The maximum atomic E-state index is 12.8. The molecule has 28 heavy (non-hydrogen) atoms. The number of nitrogens with one attached hydrogen (secondary N) is 1. The molecular formula is C22H18N2O3S. The van der Waals surface area contributed by atoms with Gasteiger partial charge in [0.1, 0.15) is 10.4 Å². The van der Waals surface area contributed by atoms with Gasteiger partial charge in [-0.05, 0) is 44.9 Å². The molecule has 5 nitrogen and oxygen atoms in total. The van der Waals surface area contributed by atoms with Gasteiger partial charge in [0.05, 0.1) is 15.6 Å². The van der Waals surface area contributed by atoms with Crippen LogP contribution in [0, 0.1) is 20.8 Å². The minimum Gasteiger partial charge on any atom is -0.422 e. The molecule has 0 aliphatic rings. The lowest BCUT2D eigenvalue weighted by Crippen LogP contribution is -2.09. The lowest BCUT2D eigenvalue weighted by Gasteiger charge is -2.08. The lowest BCUT2D eigenvalue weighted by molar-refractivity contribution is 0.568. The Morgan fingerprint density at radius 2 is 1.86 bits per heavy atom. The molecule has 0 unspecified atom stereocenters. The highest BCUT2D eigenvalue weighted by molar-refractivity contribution is 7.26. The number of hydrogen-bond acceptors (Lipinski definition) is 5. The van der Waals surface area contributed by atoms with Gasteiger partial charge in [0.15, 0.2) is 5.43 Å². The molecule has 5 aromatic rings. The molecule has 4 heterocycles. The number of hydrogen-bond donors (Lipinski definition) is 1. The Labute approximate surface area is 163 Å². The van der Waals surface area contributed by atoms with Crippen molar-refractivity contribution in [2.24, 2.45) is 0 Å². The van der Waals surface area contributed by atoms with Crippen molar-refractivity contribution in [3.05, 3.63) is 61.4 Å². The van der Waals surface area contributed by atoms with Crippen molar-refractivity contribution < 1.29 is 4.42 Å². The summed E-state index contributed by atoms with van der Waals surface area (Å²) < 4.78 is 6.48. The number of aromatic nitrogens is 2. The SMILES string of the molecule is CCc1cc2c(cc1=O)oc(=O)c1c(C)[nH]c3c(sc4nc(C)cc(C)c43)c12. The third kappa shape index (κ3) is 2.21. The predicted octanol–water partition coefficient (Wildman–Crippen LogP) is 4.89. The fourth-order valence-corrected chi connectivity index (χ4v) is 5.43. The number of nitrogens with zero attached hydrogens (tertiary/aromatic N) is 1. The number of H-pyrrole nitrogens is 1. The summed E-state index contributed by atoms with van der Waals surface area (Å²) in [6.07, 6.45) is 0.628. The minimum atomic E-state index is -0.430. The number of thiophene rings is 1. The molecule has 0 saturated carbocycles. The molecule has 0 spiro atoms. The van der Waals surface area contributed by atoms with Crippen LogP contribution in [-0.4, -0.2) is 9.97 Å². The van der Waals surface area contributed by atoms with Crippen LogP contribution in [0.2, 0.25) is 0 Å². The fraction of sp³-hybridized carbons (Fsp3) is 0.227. The van der Waals surface area contributed by atoms with Crippen LogP contribution in [0.4, 0.5) is 0 Å². The second kappa shape index (κ2) is 5.75. The van der Waals surface area contributed by atoms with Crippen molar-refractivity contribution in [1.82, 2.24) is 9.97 Å². The Balaban J connectivity index is 2.15. The van der Waals surface area contributed by atoms with Gasteiger partial charge in [0.2, 0.25) is 0 Å². The summed E-state index contributed by atoms with van der Waals surface area (Å²) in [6.45, 7) is 7.89. The molecule has 6 heteroatoms. The van der Waals surface area contributed by atoms with Gasteiger partial charge in [0, 0.05) is 39.2 Å². The minimum absolute atomic E-state index is 0.0996. The molecule has 140 valence electrons. The van der Waals surface area contributed by atoms with Crippen molar-refractivity contribution in [1.29, 1.82) is 0 Å². The van der Waals surface area contributed by atoms with E-state index in [0.717, 1.165) is 48.2 Å². The maximum Gasteiger partial charge on any atom is 0.346 e. The first-order chi connectivity index (χ1) is 13.4.